The molecule has 1 aliphatic rings. The Morgan fingerprint density at radius 1 is 1.03 bits per heavy atom. The summed E-state index contributed by atoms with van der Waals surface area (Å²) in [5.74, 6) is -0.233. The van der Waals surface area contributed by atoms with E-state index in [4.69, 9.17) is 0 Å². The first kappa shape index (κ1) is 21.8. The van der Waals surface area contributed by atoms with Gasteiger partial charge >= 0.3 is 0 Å². The minimum atomic E-state index is -3.71. The van der Waals surface area contributed by atoms with Gasteiger partial charge in [0.05, 0.1) is 4.90 Å². The predicted molar refractivity (Wildman–Crippen MR) is 116 cm³/mol. The third kappa shape index (κ3) is 5.18. The molecular formula is C22H27N3O4S. The van der Waals surface area contributed by atoms with Gasteiger partial charge in [0.2, 0.25) is 5.91 Å². The van der Waals surface area contributed by atoms with Gasteiger partial charge in [-0.1, -0.05) is 6.07 Å². The lowest BCUT2D eigenvalue weighted by atomic mass is 10.0. The number of carbonyl (C=O) groups excluding carboxylic acids is 2. The number of carbonyl (C=O) groups is 2. The Labute approximate surface area is 177 Å². The quantitative estimate of drug-likeness (QED) is 0.764. The zero-order valence-electron chi connectivity index (χ0n) is 17.4. The van der Waals surface area contributed by atoms with Gasteiger partial charge < -0.3 is 10.2 Å². The largest absolute Gasteiger partial charge is 0.352 e. The van der Waals surface area contributed by atoms with Gasteiger partial charge in [-0.3, -0.25) is 14.3 Å². The zero-order chi connectivity index (χ0) is 21.9. The second-order valence-electron chi connectivity index (χ2n) is 7.72. The van der Waals surface area contributed by atoms with Crippen molar-refractivity contribution in [1.82, 2.24) is 10.2 Å². The third-order valence-corrected chi connectivity index (χ3v) is 6.67. The van der Waals surface area contributed by atoms with Crippen LogP contribution < -0.4 is 10.0 Å². The van der Waals surface area contributed by atoms with Gasteiger partial charge in [-0.05, 0) is 74.2 Å². The average molecular weight is 430 g/mol. The molecule has 0 radical (unpaired) electrons. The first-order chi connectivity index (χ1) is 14.2. The van der Waals surface area contributed by atoms with E-state index in [1.54, 1.807) is 47.4 Å². The maximum Gasteiger partial charge on any atom is 0.261 e. The number of rotatable bonds is 5. The van der Waals surface area contributed by atoms with Crippen molar-refractivity contribution in [3.05, 3.63) is 59.2 Å². The molecule has 0 spiro atoms. The molecule has 2 aromatic rings. The first-order valence-electron chi connectivity index (χ1n) is 9.92. The van der Waals surface area contributed by atoms with Gasteiger partial charge in [0.15, 0.2) is 0 Å². The normalized spacial score (nSPS) is 16.8. The molecule has 1 saturated heterocycles. The number of nitrogens with zero attached hydrogens (tertiary/aromatic N) is 1. The van der Waals surface area contributed by atoms with E-state index in [1.165, 1.54) is 6.92 Å². The Morgan fingerprint density at radius 2 is 1.73 bits per heavy atom. The zero-order valence-corrected chi connectivity index (χ0v) is 18.3. The summed E-state index contributed by atoms with van der Waals surface area (Å²) in [6.07, 6.45) is 1.67. The van der Waals surface area contributed by atoms with E-state index in [0.29, 0.717) is 24.3 Å². The maximum absolute atomic E-state index is 12.8. The van der Waals surface area contributed by atoms with E-state index in [2.05, 4.69) is 10.0 Å². The van der Waals surface area contributed by atoms with E-state index < -0.39 is 10.0 Å². The lowest BCUT2D eigenvalue weighted by molar-refractivity contribution is -0.120. The molecule has 2 aromatic carbocycles. The van der Waals surface area contributed by atoms with Crippen LogP contribution in [0, 0.1) is 13.8 Å². The highest BCUT2D eigenvalue weighted by molar-refractivity contribution is 7.92. The second kappa shape index (κ2) is 8.87. The van der Waals surface area contributed by atoms with E-state index in [-0.39, 0.29) is 22.8 Å². The van der Waals surface area contributed by atoms with Crippen LogP contribution in [0.1, 0.15) is 41.3 Å². The third-order valence-electron chi connectivity index (χ3n) is 5.29. The predicted octanol–water partition coefficient (Wildman–Crippen LogP) is 2.84. The molecule has 0 aliphatic carbocycles. The van der Waals surface area contributed by atoms with Crippen molar-refractivity contribution in [2.75, 3.05) is 17.8 Å². The Kier molecular flexibility index (Phi) is 6.45. The molecule has 2 amide bonds. The number of piperidine rings is 1. The van der Waals surface area contributed by atoms with Gasteiger partial charge in [0.25, 0.3) is 15.9 Å². The molecular weight excluding hydrogens is 402 g/mol. The average Bonchev–Trinajstić information content (AvgIpc) is 2.69. The summed E-state index contributed by atoms with van der Waals surface area (Å²) >= 11 is 0. The molecule has 2 N–H and O–H groups in total. The maximum atomic E-state index is 12.8. The number of anilines is 1. The minimum absolute atomic E-state index is 0.0377. The Balaban J connectivity index is 1.69. The molecule has 0 aromatic heterocycles. The van der Waals surface area contributed by atoms with Crippen molar-refractivity contribution in [1.29, 1.82) is 0 Å². The highest BCUT2D eigenvalue weighted by Gasteiger charge is 2.25. The van der Waals surface area contributed by atoms with Crippen LogP contribution in [-0.2, 0) is 14.8 Å². The summed E-state index contributed by atoms with van der Waals surface area (Å²) < 4.78 is 27.8. The fourth-order valence-corrected chi connectivity index (χ4v) is 4.67. The van der Waals surface area contributed by atoms with Crippen LogP contribution in [0.15, 0.2) is 47.4 Å². The van der Waals surface area contributed by atoms with E-state index in [9.17, 15) is 18.0 Å². The van der Waals surface area contributed by atoms with Crippen LogP contribution in [0.4, 0.5) is 5.69 Å². The van der Waals surface area contributed by atoms with Crippen molar-refractivity contribution in [2.45, 2.75) is 44.6 Å². The molecule has 1 atom stereocenters. The number of likely N-dealkylation sites (tertiary alicyclic amines) is 1. The molecule has 0 unspecified atom stereocenters. The molecule has 1 heterocycles. The fraction of sp³-hybridized carbons (Fsp3) is 0.364. The fourth-order valence-electron chi connectivity index (χ4n) is 3.53. The summed E-state index contributed by atoms with van der Waals surface area (Å²) in [5.41, 5.74) is 2.79. The highest BCUT2D eigenvalue weighted by Crippen LogP contribution is 2.20. The van der Waals surface area contributed by atoms with Crippen LogP contribution >= 0.6 is 0 Å². The van der Waals surface area contributed by atoms with E-state index in [0.717, 1.165) is 24.0 Å². The van der Waals surface area contributed by atoms with Crippen LogP contribution in [0.25, 0.3) is 0 Å². The highest BCUT2D eigenvalue weighted by atomic mass is 32.2. The van der Waals surface area contributed by atoms with Crippen molar-refractivity contribution in [3.63, 3.8) is 0 Å². The van der Waals surface area contributed by atoms with Gasteiger partial charge in [-0.15, -0.1) is 0 Å². The SMILES string of the molecule is CC(=O)N[C@@H]1CCCN(C(=O)c2ccc(NS(=O)(=O)c3ccc(C)c(C)c3)cc2)C1. The van der Waals surface area contributed by atoms with Crippen LogP contribution in [0.2, 0.25) is 0 Å². The molecule has 160 valence electrons. The molecule has 8 heteroatoms. The number of sulfonamides is 1. The smallest absolute Gasteiger partial charge is 0.261 e. The molecule has 1 fully saturated rings. The molecule has 1 aliphatic heterocycles. The van der Waals surface area contributed by atoms with Crippen molar-refractivity contribution < 1.29 is 18.0 Å². The molecule has 0 saturated carbocycles. The summed E-state index contributed by atoms with van der Waals surface area (Å²) in [5, 5.41) is 2.87. The van der Waals surface area contributed by atoms with Gasteiger partial charge in [-0.2, -0.15) is 0 Å². The van der Waals surface area contributed by atoms with Crippen LogP contribution in [-0.4, -0.2) is 44.3 Å². The number of benzene rings is 2. The standard InChI is InChI=1S/C22H27N3O4S/c1-15-6-11-21(13-16(15)2)30(28,29)24-19-9-7-18(8-10-19)22(27)25-12-4-5-20(14-25)23-17(3)26/h6-11,13,20,24H,4-5,12,14H2,1-3H3,(H,23,26)/t20-/m1/s1. The lowest BCUT2D eigenvalue weighted by Gasteiger charge is -2.33. The summed E-state index contributed by atoms with van der Waals surface area (Å²) in [6, 6.07) is 11.3. The minimum Gasteiger partial charge on any atom is -0.352 e. The lowest BCUT2D eigenvalue weighted by Crippen LogP contribution is -2.49. The molecule has 3 rings (SSSR count). The van der Waals surface area contributed by atoms with Gasteiger partial charge in [-0.25, -0.2) is 8.42 Å². The number of hydrogen-bond acceptors (Lipinski definition) is 4. The first-order valence-corrected chi connectivity index (χ1v) is 11.4. The Morgan fingerprint density at radius 3 is 2.37 bits per heavy atom. The van der Waals surface area contributed by atoms with E-state index in [1.807, 2.05) is 13.8 Å². The second-order valence-corrected chi connectivity index (χ2v) is 9.40. The Bertz CT molecular complexity index is 1050. The number of hydrogen-bond donors (Lipinski definition) is 2. The van der Waals surface area contributed by atoms with Crippen molar-refractivity contribution in [2.24, 2.45) is 0 Å². The summed E-state index contributed by atoms with van der Waals surface area (Å²) in [4.78, 5) is 26.0. The monoisotopic (exact) mass is 429 g/mol. The molecule has 30 heavy (non-hydrogen) atoms. The summed E-state index contributed by atoms with van der Waals surface area (Å²) in [6.45, 7) is 6.37. The van der Waals surface area contributed by atoms with E-state index >= 15 is 0 Å². The topological polar surface area (TPSA) is 95.6 Å². The van der Waals surface area contributed by atoms with Crippen LogP contribution in [0.5, 0.6) is 0 Å². The van der Waals surface area contributed by atoms with Crippen molar-refractivity contribution in [3.8, 4) is 0 Å². The van der Waals surface area contributed by atoms with Gasteiger partial charge in [0.1, 0.15) is 0 Å². The number of aryl methyl sites for hydroxylation is 2. The summed E-state index contributed by atoms with van der Waals surface area (Å²) in [7, 11) is -3.71. The number of nitrogens with one attached hydrogen (secondary N) is 2. The Hall–Kier alpha value is -2.87. The van der Waals surface area contributed by atoms with Gasteiger partial charge in [0, 0.05) is 37.3 Å². The number of amides is 2. The molecule has 0 bridgehead atoms. The molecule has 7 nitrogen and oxygen atoms in total. The van der Waals surface area contributed by atoms with Crippen LogP contribution in [0.3, 0.4) is 0 Å². The van der Waals surface area contributed by atoms with Crippen molar-refractivity contribution >= 4 is 27.5 Å².